The summed E-state index contributed by atoms with van der Waals surface area (Å²) in [5.74, 6) is 3.92. The lowest BCUT2D eigenvalue weighted by molar-refractivity contribution is -0.133. The first-order chi connectivity index (χ1) is 18.7. The summed E-state index contributed by atoms with van der Waals surface area (Å²) in [7, 11) is 1.74. The fourth-order valence-corrected chi connectivity index (χ4v) is 3.60. The van der Waals surface area contributed by atoms with Crippen LogP contribution >= 0.6 is 0 Å². The van der Waals surface area contributed by atoms with Crippen molar-refractivity contribution in [2.75, 3.05) is 18.9 Å². The second kappa shape index (κ2) is 13.8. The highest BCUT2D eigenvalue weighted by molar-refractivity contribution is 5.97. The van der Waals surface area contributed by atoms with Gasteiger partial charge in [-0.25, -0.2) is 9.87 Å². The Kier molecular flexibility index (Phi) is 10.3. The molecule has 202 valence electrons. The van der Waals surface area contributed by atoms with Crippen molar-refractivity contribution in [2.45, 2.75) is 25.6 Å². The van der Waals surface area contributed by atoms with Crippen molar-refractivity contribution in [3.63, 3.8) is 0 Å². The normalized spacial score (nSPS) is 12.1. The van der Waals surface area contributed by atoms with Crippen molar-refractivity contribution in [3.8, 4) is 11.8 Å². The van der Waals surface area contributed by atoms with Crippen LogP contribution in [0.1, 0.15) is 34.0 Å². The summed E-state index contributed by atoms with van der Waals surface area (Å²) in [6, 6.07) is 18.4. The molecule has 10 heteroatoms. The van der Waals surface area contributed by atoms with E-state index in [0.29, 0.717) is 28.9 Å². The third kappa shape index (κ3) is 8.76. The molecule has 0 radical (unpaired) electrons. The number of amides is 3. The quantitative estimate of drug-likeness (QED) is 0.163. The van der Waals surface area contributed by atoms with E-state index in [1.807, 2.05) is 0 Å². The number of nitrogens with zero attached hydrogens (tertiary/aromatic N) is 1. The first-order valence-electron chi connectivity index (χ1n) is 12.0. The Morgan fingerprint density at radius 3 is 2.10 bits per heavy atom. The molecule has 0 saturated heterocycles. The number of hydrogen-bond donors (Lipinski definition) is 5. The molecule has 0 aliphatic rings. The van der Waals surface area contributed by atoms with Crippen molar-refractivity contribution >= 4 is 23.4 Å². The standard InChI is InChI=1S/C29H29FN4O5/c1-19(35)27(29(38)33-39)32-28(37)22-13-9-20(10-14-22)7-8-21-11-15-24(16-12-21)31-26(36)18-34(2)17-23-5-3-4-6-25(23)30/h3-6,9-16,19,27,35,39H,17-18H2,1-2H3,(H,31,36)(H,32,37)(H,33,38). The van der Waals surface area contributed by atoms with Gasteiger partial charge >= 0.3 is 0 Å². The number of aliphatic hydroxyl groups excluding tert-OH is 1. The molecular formula is C29H29FN4O5. The van der Waals surface area contributed by atoms with Gasteiger partial charge < -0.3 is 15.7 Å². The summed E-state index contributed by atoms with van der Waals surface area (Å²) in [4.78, 5) is 38.0. The maximum atomic E-state index is 13.8. The Bertz CT molecular complexity index is 1360. The van der Waals surface area contributed by atoms with E-state index in [0.717, 1.165) is 0 Å². The molecular weight excluding hydrogens is 503 g/mol. The van der Waals surface area contributed by atoms with Gasteiger partial charge in [-0.05, 0) is 68.6 Å². The molecule has 0 bridgehead atoms. The molecule has 5 N–H and O–H groups in total. The Hall–Kier alpha value is -4.56. The van der Waals surface area contributed by atoms with Gasteiger partial charge in [-0.3, -0.25) is 24.5 Å². The maximum Gasteiger partial charge on any atom is 0.268 e. The first-order valence-corrected chi connectivity index (χ1v) is 12.0. The number of anilines is 1. The van der Waals surface area contributed by atoms with E-state index < -0.39 is 24.0 Å². The van der Waals surface area contributed by atoms with Gasteiger partial charge in [0.05, 0.1) is 12.6 Å². The molecule has 39 heavy (non-hydrogen) atoms. The van der Waals surface area contributed by atoms with Crippen molar-refractivity contribution in [2.24, 2.45) is 0 Å². The monoisotopic (exact) mass is 532 g/mol. The van der Waals surface area contributed by atoms with E-state index in [4.69, 9.17) is 5.21 Å². The molecule has 2 unspecified atom stereocenters. The summed E-state index contributed by atoms with van der Waals surface area (Å²) in [6.07, 6.45) is -1.21. The number of halogens is 1. The number of benzene rings is 3. The van der Waals surface area contributed by atoms with E-state index in [1.54, 1.807) is 66.5 Å². The van der Waals surface area contributed by atoms with Crippen LogP contribution in [0.4, 0.5) is 10.1 Å². The number of hydroxylamine groups is 1. The predicted octanol–water partition coefficient (Wildman–Crippen LogP) is 2.28. The minimum absolute atomic E-state index is 0.0955. The minimum Gasteiger partial charge on any atom is -0.391 e. The molecule has 0 spiro atoms. The second-order valence-corrected chi connectivity index (χ2v) is 8.88. The molecule has 3 rings (SSSR count). The summed E-state index contributed by atoms with van der Waals surface area (Å²) in [5, 5.41) is 23.6. The molecule has 0 heterocycles. The van der Waals surface area contributed by atoms with Crippen molar-refractivity contribution < 1.29 is 29.1 Å². The predicted molar refractivity (Wildman–Crippen MR) is 143 cm³/mol. The van der Waals surface area contributed by atoms with Crippen LogP contribution in [0.15, 0.2) is 72.8 Å². The Labute approximate surface area is 225 Å². The third-order valence-corrected chi connectivity index (χ3v) is 5.64. The zero-order valence-corrected chi connectivity index (χ0v) is 21.4. The summed E-state index contributed by atoms with van der Waals surface area (Å²) < 4.78 is 13.8. The number of carbonyl (C=O) groups is 3. The number of rotatable bonds is 9. The van der Waals surface area contributed by atoms with Crippen LogP contribution in [-0.2, 0) is 16.1 Å². The number of carbonyl (C=O) groups excluding carboxylic acids is 3. The van der Waals surface area contributed by atoms with Crippen LogP contribution in [0.25, 0.3) is 0 Å². The van der Waals surface area contributed by atoms with Gasteiger partial charge in [-0.1, -0.05) is 30.0 Å². The van der Waals surface area contributed by atoms with Gasteiger partial charge in [0.25, 0.3) is 11.8 Å². The highest BCUT2D eigenvalue weighted by Crippen LogP contribution is 2.12. The second-order valence-electron chi connectivity index (χ2n) is 8.88. The average Bonchev–Trinajstić information content (AvgIpc) is 2.92. The Balaban J connectivity index is 1.53. The number of aliphatic hydroxyl groups is 1. The fourth-order valence-electron chi connectivity index (χ4n) is 3.60. The van der Waals surface area contributed by atoms with E-state index >= 15 is 0 Å². The lowest BCUT2D eigenvalue weighted by Gasteiger charge is -2.19. The van der Waals surface area contributed by atoms with Crippen LogP contribution in [0, 0.1) is 17.7 Å². The van der Waals surface area contributed by atoms with Crippen molar-refractivity contribution in [1.29, 1.82) is 0 Å². The maximum absolute atomic E-state index is 13.8. The SMILES string of the molecule is CC(O)C(NC(=O)c1ccc(C#Cc2ccc(NC(=O)CN(C)Cc3ccccc3F)cc2)cc1)C(=O)NO. The molecule has 0 aliphatic carbocycles. The highest BCUT2D eigenvalue weighted by atomic mass is 19.1. The van der Waals surface area contributed by atoms with Crippen LogP contribution < -0.4 is 16.1 Å². The molecule has 2 atom stereocenters. The smallest absolute Gasteiger partial charge is 0.268 e. The Morgan fingerprint density at radius 1 is 0.949 bits per heavy atom. The van der Waals surface area contributed by atoms with Crippen molar-refractivity contribution in [3.05, 3.63) is 101 Å². The Morgan fingerprint density at radius 2 is 1.54 bits per heavy atom. The molecule has 0 aromatic heterocycles. The number of likely N-dealkylation sites (N-methyl/N-ethyl adjacent to an activating group) is 1. The summed E-state index contributed by atoms with van der Waals surface area (Å²) >= 11 is 0. The summed E-state index contributed by atoms with van der Waals surface area (Å²) in [5.41, 5.74) is 4.13. The van der Waals surface area contributed by atoms with E-state index in [1.165, 1.54) is 30.6 Å². The lowest BCUT2D eigenvalue weighted by Crippen LogP contribution is -2.51. The molecule has 0 fully saturated rings. The van der Waals surface area contributed by atoms with Gasteiger partial charge in [-0.15, -0.1) is 0 Å². The van der Waals surface area contributed by atoms with E-state index in [9.17, 15) is 23.9 Å². The lowest BCUT2D eigenvalue weighted by atomic mass is 10.1. The van der Waals surface area contributed by atoms with Gasteiger partial charge in [0.15, 0.2) is 0 Å². The van der Waals surface area contributed by atoms with Gasteiger partial charge in [-0.2, -0.15) is 0 Å². The molecule has 3 amide bonds. The van der Waals surface area contributed by atoms with Gasteiger partial charge in [0.1, 0.15) is 11.9 Å². The van der Waals surface area contributed by atoms with Crippen LogP contribution in [0.3, 0.4) is 0 Å². The summed E-state index contributed by atoms with van der Waals surface area (Å²) in [6.45, 7) is 1.72. The fraction of sp³-hybridized carbons (Fsp3) is 0.207. The number of nitrogens with one attached hydrogen (secondary N) is 3. The zero-order valence-electron chi connectivity index (χ0n) is 21.4. The topological polar surface area (TPSA) is 131 Å². The van der Waals surface area contributed by atoms with Crippen LogP contribution in [0.2, 0.25) is 0 Å². The van der Waals surface area contributed by atoms with Crippen LogP contribution in [0.5, 0.6) is 0 Å². The average molecular weight is 533 g/mol. The highest BCUT2D eigenvalue weighted by Gasteiger charge is 2.25. The van der Waals surface area contributed by atoms with Gasteiger partial charge in [0, 0.05) is 34.5 Å². The van der Waals surface area contributed by atoms with Crippen molar-refractivity contribution in [1.82, 2.24) is 15.7 Å². The molecule has 0 saturated carbocycles. The molecule has 9 nitrogen and oxygen atoms in total. The largest absolute Gasteiger partial charge is 0.391 e. The minimum atomic E-state index is -1.31. The van der Waals surface area contributed by atoms with Gasteiger partial charge in [0.2, 0.25) is 5.91 Å². The molecule has 0 aliphatic heterocycles. The van der Waals surface area contributed by atoms with Crippen LogP contribution in [-0.4, -0.2) is 58.7 Å². The number of hydrogen-bond acceptors (Lipinski definition) is 6. The van der Waals surface area contributed by atoms with E-state index in [-0.39, 0.29) is 23.8 Å². The van der Waals surface area contributed by atoms with E-state index in [2.05, 4.69) is 22.5 Å². The molecule has 3 aromatic rings. The third-order valence-electron chi connectivity index (χ3n) is 5.64. The first kappa shape index (κ1) is 29.0. The zero-order chi connectivity index (χ0) is 28.4. The molecule has 3 aromatic carbocycles.